The molecule has 2 nitrogen and oxygen atoms in total. The zero-order valence-corrected chi connectivity index (χ0v) is 12.6. The minimum absolute atomic E-state index is 0.440. The molecule has 16 heavy (non-hydrogen) atoms. The lowest BCUT2D eigenvalue weighted by molar-refractivity contribution is 0.00523. The van der Waals surface area contributed by atoms with Gasteiger partial charge in [0.05, 0.1) is 0 Å². The van der Waals surface area contributed by atoms with E-state index in [1.807, 2.05) is 0 Å². The Bertz CT molecular complexity index is 188. The van der Waals surface area contributed by atoms with Crippen LogP contribution in [-0.2, 0) is 4.74 Å². The molecule has 0 spiro atoms. The minimum Gasteiger partial charge on any atom is -0.381 e. The van der Waals surface area contributed by atoms with Crippen LogP contribution in [0.1, 0.15) is 39.5 Å². The lowest BCUT2D eigenvalue weighted by atomic mass is 9.81. The van der Waals surface area contributed by atoms with Gasteiger partial charge in [0.2, 0.25) is 0 Å². The third-order valence-corrected chi connectivity index (χ3v) is 5.18. The van der Waals surface area contributed by atoms with E-state index in [0.717, 1.165) is 24.6 Å². The van der Waals surface area contributed by atoms with Crippen molar-refractivity contribution >= 4 is 15.9 Å². The van der Waals surface area contributed by atoms with Crippen LogP contribution in [0.4, 0.5) is 0 Å². The van der Waals surface area contributed by atoms with E-state index in [9.17, 15) is 0 Å². The second-order valence-corrected chi connectivity index (χ2v) is 5.69. The fraction of sp³-hybridized carbons (Fsp3) is 1.00. The number of hydrogen-bond donors (Lipinski definition) is 0. The van der Waals surface area contributed by atoms with Crippen LogP contribution in [0.25, 0.3) is 0 Å². The average Bonchev–Trinajstić information content (AvgIpc) is 2.32. The molecular formula is C13H26BrNO. The number of hydrogen-bond acceptors (Lipinski definition) is 2. The van der Waals surface area contributed by atoms with E-state index in [4.69, 9.17) is 4.74 Å². The Balaban J connectivity index is 2.54. The first-order valence-electron chi connectivity index (χ1n) is 6.51. The molecule has 3 heteroatoms. The van der Waals surface area contributed by atoms with Crippen molar-refractivity contribution < 1.29 is 4.74 Å². The van der Waals surface area contributed by atoms with E-state index in [-0.39, 0.29) is 0 Å². The Labute approximate surface area is 109 Å². The number of ether oxygens (including phenoxy) is 1. The highest BCUT2D eigenvalue weighted by Gasteiger charge is 2.33. The van der Waals surface area contributed by atoms with Crippen LogP contribution in [0.5, 0.6) is 0 Å². The van der Waals surface area contributed by atoms with Gasteiger partial charge < -0.3 is 9.64 Å². The number of alkyl halides is 1. The molecule has 0 saturated carbocycles. The highest BCUT2D eigenvalue weighted by molar-refractivity contribution is 9.09. The van der Waals surface area contributed by atoms with Crippen LogP contribution in [0.15, 0.2) is 0 Å². The smallest absolute Gasteiger partial charge is 0.0472 e. The molecule has 1 saturated heterocycles. The van der Waals surface area contributed by atoms with Crippen molar-refractivity contribution in [2.75, 3.05) is 32.1 Å². The van der Waals surface area contributed by atoms with Gasteiger partial charge in [-0.25, -0.2) is 0 Å². The zero-order valence-electron chi connectivity index (χ0n) is 11.0. The van der Waals surface area contributed by atoms with Crippen molar-refractivity contribution in [1.82, 2.24) is 4.90 Å². The number of rotatable bonds is 6. The molecule has 96 valence electrons. The first-order chi connectivity index (χ1) is 7.67. The van der Waals surface area contributed by atoms with Gasteiger partial charge in [0, 0.05) is 31.1 Å². The first-order valence-corrected chi connectivity index (χ1v) is 7.63. The van der Waals surface area contributed by atoms with E-state index < -0.39 is 0 Å². The molecule has 0 radical (unpaired) electrons. The van der Waals surface area contributed by atoms with E-state index in [1.165, 1.54) is 32.2 Å². The van der Waals surface area contributed by atoms with Crippen molar-refractivity contribution in [2.45, 2.75) is 45.6 Å². The summed E-state index contributed by atoms with van der Waals surface area (Å²) in [6.45, 7) is 7.64. The lowest BCUT2D eigenvalue weighted by Gasteiger charge is -2.41. The molecule has 0 aliphatic carbocycles. The molecular weight excluding hydrogens is 266 g/mol. The maximum Gasteiger partial charge on any atom is 0.0472 e. The summed E-state index contributed by atoms with van der Waals surface area (Å²) in [7, 11) is 2.28. The molecule has 1 aliphatic heterocycles. The summed E-state index contributed by atoms with van der Waals surface area (Å²) in [6.07, 6.45) is 4.90. The van der Waals surface area contributed by atoms with E-state index in [1.54, 1.807) is 0 Å². The summed E-state index contributed by atoms with van der Waals surface area (Å²) in [5.41, 5.74) is 0.440. The molecule has 0 aromatic heterocycles. The largest absolute Gasteiger partial charge is 0.381 e. The SMILES string of the molecule is CCC(CC)N(C)CC1(CBr)CCOCC1. The van der Waals surface area contributed by atoms with Crippen LogP contribution >= 0.6 is 15.9 Å². The van der Waals surface area contributed by atoms with Crippen LogP contribution in [0, 0.1) is 5.41 Å². The molecule has 0 atom stereocenters. The monoisotopic (exact) mass is 291 g/mol. The van der Waals surface area contributed by atoms with Crippen LogP contribution in [0.2, 0.25) is 0 Å². The molecule has 1 fully saturated rings. The summed E-state index contributed by atoms with van der Waals surface area (Å²) in [5.74, 6) is 0. The summed E-state index contributed by atoms with van der Waals surface area (Å²) in [4.78, 5) is 2.55. The normalized spacial score (nSPS) is 20.6. The number of nitrogens with zero attached hydrogens (tertiary/aromatic N) is 1. The molecule has 0 unspecified atom stereocenters. The quantitative estimate of drug-likeness (QED) is 0.696. The van der Waals surface area contributed by atoms with Crippen LogP contribution < -0.4 is 0 Å². The van der Waals surface area contributed by atoms with Gasteiger partial charge in [0.15, 0.2) is 0 Å². The van der Waals surface area contributed by atoms with Crippen molar-refractivity contribution in [2.24, 2.45) is 5.41 Å². The van der Waals surface area contributed by atoms with Crippen LogP contribution in [0.3, 0.4) is 0 Å². The summed E-state index contributed by atoms with van der Waals surface area (Å²) < 4.78 is 5.48. The third kappa shape index (κ3) is 3.71. The maximum absolute atomic E-state index is 5.48. The van der Waals surface area contributed by atoms with Gasteiger partial charge in [-0.1, -0.05) is 29.8 Å². The molecule has 1 aliphatic rings. The van der Waals surface area contributed by atoms with Gasteiger partial charge in [0.25, 0.3) is 0 Å². The molecule has 1 heterocycles. The van der Waals surface area contributed by atoms with Gasteiger partial charge in [-0.3, -0.25) is 0 Å². The lowest BCUT2D eigenvalue weighted by Crippen LogP contribution is -2.44. The fourth-order valence-corrected chi connectivity index (χ4v) is 3.45. The molecule has 0 aromatic rings. The molecule has 0 N–H and O–H groups in total. The minimum atomic E-state index is 0.440. The van der Waals surface area contributed by atoms with Gasteiger partial charge in [-0.05, 0) is 38.1 Å². The predicted molar refractivity (Wildman–Crippen MR) is 73.3 cm³/mol. The van der Waals surface area contributed by atoms with E-state index in [2.05, 4.69) is 41.7 Å². The van der Waals surface area contributed by atoms with Gasteiger partial charge >= 0.3 is 0 Å². The Morgan fingerprint density at radius 1 is 1.25 bits per heavy atom. The predicted octanol–water partition coefficient (Wildman–Crippen LogP) is 3.30. The highest BCUT2D eigenvalue weighted by atomic mass is 79.9. The number of halogens is 1. The summed E-state index contributed by atoms with van der Waals surface area (Å²) >= 11 is 3.71. The van der Waals surface area contributed by atoms with Crippen LogP contribution in [-0.4, -0.2) is 43.1 Å². The Morgan fingerprint density at radius 3 is 2.25 bits per heavy atom. The van der Waals surface area contributed by atoms with Gasteiger partial charge in [-0.15, -0.1) is 0 Å². The first kappa shape index (κ1) is 14.5. The molecule has 0 bridgehead atoms. The van der Waals surface area contributed by atoms with Crippen molar-refractivity contribution in [1.29, 1.82) is 0 Å². The maximum atomic E-state index is 5.48. The molecule has 0 amide bonds. The summed E-state index contributed by atoms with van der Waals surface area (Å²) in [6, 6.07) is 0.735. The van der Waals surface area contributed by atoms with Crippen molar-refractivity contribution in [3.8, 4) is 0 Å². The Hall–Kier alpha value is 0.400. The zero-order chi connectivity index (χ0) is 12.0. The van der Waals surface area contributed by atoms with Gasteiger partial charge in [0.1, 0.15) is 0 Å². The average molecular weight is 292 g/mol. The standard InChI is InChI=1S/C13H26BrNO/c1-4-12(5-2)15(3)11-13(10-14)6-8-16-9-7-13/h12H,4-11H2,1-3H3. The van der Waals surface area contributed by atoms with Gasteiger partial charge in [-0.2, -0.15) is 0 Å². The Morgan fingerprint density at radius 2 is 1.81 bits per heavy atom. The molecule has 1 rings (SSSR count). The fourth-order valence-electron chi connectivity index (χ4n) is 2.71. The third-order valence-electron chi connectivity index (χ3n) is 3.99. The second kappa shape index (κ2) is 6.97. The van der Waals surface area contributed by atoms with Crippen molar-refractivity contribution in [3.63, 3.8) is 0 Å². The second-order valence-electron chi connectivity index (χ2n) is 5.13. The highest BCUT2D eigenvalue weighted by Crippen LogP contribution is 2.34. The van der Waals surface area contributed by atoms with E-state index >= 15 is 0 Å². The van der Waals surface area contributed by atoms with Crippen molar-refractivity contribution in [3.05, 3.63) is 0 Å². The van der Waals surface area contributed by atoms with E-state index in [0.29, 0.717) is 5.41 Å². The summed E-state index contributed by atoms with van der Waals surface area (Å²) in [5, 5.41) is 1.11. The molecule has 0 aromatic carbocycles. The Kier molecular flexibility index (Phi) is 6.30. The topological polar surface area (TPSA) is 12.5 Å².